The van der Waals surface area contributed by atoms with Crippen LogP contribution in [0.15, 0.2) is 84.0 Å². The highest BCUT2D eigenvalue weighted by atomic mass is 16.5. The molecule has 0 bridgehead atoms. The van der Waals surface area contributed by atoms with Gasteiger partial charge in [-0.15, -0.1) is 6.42 Å². The molecule has 144 valence electrons. The van der Waals surface area contributed by atoms with Crippen LogP contribution in [0.1, 0.15) is 21.5 Å². The molecule has 3 rings (SSSR count). The van der Waals surface area contributed by atoms with E-state index in [4.69, 9.17) is 15.9 Å². The maximum atomic E-state index is 12.3. The quantitative estimate of drug-likeness (QED) is 0.362. The summed E-state index contributed by atoms with van der Waals surface area (Å²) in [4.78, 5) is 12.3. The largest absolute Gasteiger partial charge is 0.489 e. The normalized spacial score (nSPS) is 10.3. The van der Waals surface area contributed by atoms with Gasteiger partial charge in [0, 0.05) is 11.1 Å². The monoisotopic (exact) mass is 384 g/mol. The Balaban J connectivity index is 1.54. The van der Waals surface area contributed by atoms with Crippen molar-refractivity contribution in [1.82, 2.24) is 5.43 Å². The molecule has 0 fully saturated rings. The van der Waals surface area contributed by atoms with E-state index >= 15 is 0 Å². The Morgan fingerprint density at radius 2 is 1.69 bits per heavy atom. The lowest BCUT2D eigenvalue weighted by atomic mass is 10.2. The highest BCUT2D eigenvalue weighted by Crippen LogP contribution is 2.16. The van der Waals surface area contributed by atoms with E-state index in [1.807, 2.05) is 48.5 Å². The fraction of sp³-hybridized carbons (Fsp3) is 0.0833. The smallest absolute Gasteiger partial charge is 0.271 e. The van der Waals surface area contributed by atoms with Crippen molar-refractivity contribution in [2.24, 2.45) is 5.10 Å². The molecular formula is C24H20N2O3. The molecule has 0 radical (unpaired) electrons. The number of carbonyl (C=O) groups is 1. The van der Waals surface area contributed by atoms with Gasteiger partial charge in [0.25, 0.3) is 5.91 Å². The molecule has 0 heterocycles. The second kappa shape index (κ2) is 10.3. The zero-order chi connectivity index (χ0) is 20.3. The zero-order valence-electron chi connectivity index (χ0n) is 15.7. The summed E-state index contributed by atoms with van der Waals surface area (Å²) in [5, 5.41) is 4.00. The molecule has 0 aliphatic carbocycles. The molecule has 5 nitrogen and oxygen atoms in total. The predicted molar refractivity (Wildman–Crippen MR) is 113 cm³/mol. The number of carbonyl (C=O) groups excluding carboxylic acids is 1. The fourth-order valence-electron chi connectivity index (χ4n) is 2.51. The average Bonchev–Trinajstić information content (AvgIpc) is 2.78. The van der Waals surface area contributed by atoms with Crippen LogP contribution in [0.5, 0.6) is 11.5 Å². The van der Waals surface area contributed by atoms with Crippen LogP contribution in [0.3, 0.4) is 0 Å². The second-order valence-corrected chi connectivity index (χ2v) is 6.03. The number of ether oxygens (including phenoxy) is 2. The minimum atomic E-state index is -0.321. The topological polar surface area (TPSA) is 59.9 Å². The molecular weight excluding hydrogens is 364 g/mol. The highest BCUT2D eigenvalue weighted by Gasteiger charge is 2.05. The maximum absolute atomic E-state index is 12.3. The third kappa shape index (κ3) is 5.98. The zero-order valence-corrected chi connectivity index (χ0v) is 15.7. The van der Waals surface area contributed by atoms with Crippen molar-refractivity contribution in [3.8, 4) is 23.8 Å². The number of rotatable bonds is 8. The van der Waals surface area contributed by atoms with Gasteiger partial charge in [0.15, 0.2) is 0 Å². The van der Waals surface area contributed by atoms with Crippen molar-refractivity contribution in [2.45, 2.75) is 6.61 Å². The van der Waals surface area contributed by atoms with Crippen molar-refractivity contribution >= 4 is 12.1 Å². The number of nitrogens with one attached hydrogen (secondary N) is 1. The van der Waals surface area contributed by atoms with Crippen molar-refractivity contribution in [2.75, 3.05) is 6.61 Å². The van der Waals surface area contributed by atoms with E-state index in [0.717, 1.165) is 5.56 Å². The summed E-state index contributed by atoms with van der Waals surface area (Å²) < 4.78 is 11.2. The first kappa shape index (κ1) is 19.7. The Kier molecular flexibility index (Phi) is 7.03. The minimum absolute atomic E-state index is 0.163. The lowest BCUT2D eigenvalue weighted by Gasteiger charge is -2.07. The van der Waals surface area contributed by atoms with Gasteiger partial charge in [0.1, 0.15) is 24.7 Å². The first-order valence-electron chi connectivity index (χ1n) is 9.02. The number of para-hydroxylation sites is 1. The predicted octanol–water partition coefficient (Wildman–Crippen LogP) is 4.04. The van der Waals surface area contributed by atoms with Crippen LogP contribution < -0.4 is 14.9 Å². The van der Waals surface area contributed by atoms with Crippen LogP contribution in [0.2, 0.25) is 0 Å². The molecule has 3 aromatic rings. The van der Waals surface area contributed by atoms with Crippen LogP contribution in [0, 0.1) is 12.3 Å². The lowest BCUT2D eigenvalue weighted by molar-refractivity contribution is 0.0955. The van der Waals surface area contributed by atoms with E-state index in [1.165, 1.54) is 6.21 Å². The van der Waals surface area contributed by atoms with Crippen LogP contribution in [-0.2, 0) is 6.61 Å². The molecule has 0 spiro atoms. The number of hydrazone groups is 1. The van der Waals surface area contributed by atoms with Gasteiger partial charge in [-0.3, -0.25) is 4.79 Å². The number of amides is 1. The van der Waals surface area contributed by atoms with Crippen molar-refractivity contribution in [3.05, 3.63) is 95.6 Å². The Bertz CT molecular complexity index is 1010. The third-order valence-corrected chi connectivity index (χ3v) is 3.96. The summed E-state index contributed by atoms with van der Waals surface area (Å²) in [5.41, 5.74) is 4.77. The number of terminal acetylenes is 1. The molecule has 0 aliphatic rings. The SMILES string of the molecule is C#CCOc1ccccc1/C=N/NC(=O)c1ccc(OCc2ccccc2)cc1. The van der Waals surface area contributed by atoms with Crippen LogP contribution in [0.25, 0.3) is 0 Å². The number of benzene rings is 3. The summed E-state index contributed by atoms with van der Waals surface area (Å²) >= 11 is 0. The van der Waals surface area contributed by atoms with Gasteiger partial charge >= 0.3 is 0 Å². The Morgan fingerprint density at radius 3 is 2.45 bits per heavy atom. The molecule has 1 amide bonds. The molecule has 29 heavy (non-hydrogen) atoms. The van der Waals surface area contributed by atoms with E-state index < -0.39 is 0 Å². The number of hydrogen-bond donors (Lipinski definition) is 1. The van der Waals surface area contributed by atoms with E-state index in [-0.39, 0.29) is 12.5 Å². The van der Waals surface area contributed by atoms with Gasteiger partial charge in [-0.25, -0.2) is 5.43 Å². The Morgan fingerprint density at radius 1 is 0.966 bits per heavy atom. The molecule has 0 aliphatic heterocycles. The standard InChI is InChI=1S/C24H20N2O3/c1-2-16-28-23-11-7-6-10-21(23)17-25-26-24(27)20-12-14-22(15-13-20)29-18-19-8-4-3-5-9-19/h1,3-15,17H,16,18H2,(H,26,27)/b25-17+. The van der Waals surface area contributed by atoms with Gasteiger partial charge < -0.3 is 9.47 Å². The molecule has 0 aromatic heterocycles. The fourth-order valence-corrected chi connectivity index (χ4v) is 2.51. The van der Waals surface area contributed by atoms with Crippen LogP contribution in [-0.4, -0.2) is 18.7 Å². The molecule has 0 unspecified atom stereocenters. The van der Waals surface area contributed by atoms with Gasteiger partial charge in [0.2, 0.25) is 0 Å². The van der Waals surface area contributed by atoms with Crippen LogP contribution in [0.4, 0.5) is 0 Å². The van der Waals surface area contributed by atoms with Gasteiger partial charge in [-0.1, -0.05) is 48.4 Å². The number of hydrogen-bond acceptors (Lipinski definition) is 4. The lowest BCUT2D eigenvalue weighted by Crippen LogP contribution is -2.17. The molecule has 3 aromatic carbocycles. The summed E-state index contributed by atoms with van der Waals surface area (Å²) in [5.74, 6) is 3.38. The molecule has 5 heteroatoms. The van der Waals surface area contributed by atoms with Gasteiger partial charge in [-0.05, 0) is 42.0 Å². The minimum Gasteiger partial charge on any atom is -0.489 e. The molecule has 1 N–H and O–H groups in total. The van der Waals surface area contributed by atoms with E-state index in [9.17, 15) is 4.79 Å². The van der Waals surface area contributed by atoms with E-state index in [2.05, 4.69) is 16.4 Å². The van der Waals surface area contributed by atoms with Gasteiger partial charge in [0.05, 0.1) is 6.21 Å². The van der Waals surface area contributed by atoms with Crippen molar-refractivity contribution < 1.29 is 14.3 Å². The maximum Gasteiger partial charge on any atom is 0.271 e. The van der Waals surface area contributed by atoms with Gasteiger partial charge in [-0.2, -0.15) is 5.10 Å². The summed E-state index contributed by atoms with van der Waals surface area (Å²) in [6.07, 6.45) is 6.73. The van der Waals surface area contributed by atoms with E-state index in [0.29, 0.717) is 29.2 Å². The first-order chi connectivity index (χ1) is 14.3. The highest BCUT2D eigenvalue weighted by molar-refractivity contribution is 5.95. The van der Waals surface area contributed by atoms with Crippen molar-refractivity contribution in [1.29, 1.82) is 0 Å². The number of nitrogens with zero attached hydrogens (tertiary/aromatic N) is 1. The van der Waals surface area contributed by atoms with E-state index in [1.54, 1.807) is 30.3 Å². The third-order valence-electron chi connectivity index (χ3n) is 3.96. The second-order valence-electron chi connectivity index (χ2n) is 6.03. The summed E-state index contributed by atoms with van der Waals surface area (Å²) in [7, 11) is 0. The Hall–Kier alpha value is -4.04. The van der Waals surface area contributed by atoms with Crippen molar-refractivity contribution in [3.63, 3.8) is 0 Å². The molecule has 0 saturated heterocycles. The molecule has 0 saturated carbocycles. The Labute approximate surface area is 170 Å². The first-order valence-corrected chi connectivity index (χ1v) is 9.02. The molecule has 0 atom stereocenters. The summed E-state index contributed by atoms with van der Waals surface area (Å²) in [6.45, 7) is 0.633. The van der Waals surface area contributed by atoms with Crippen LogP contribution >= 0.6 is 0 Å². The average molecular weight is 384 g/mol. The summed E-state index contributed by atoms with van der Waals surface area (Å²) in [6, 6.07) is 24.1.